The minimum absolute atomic E-state index is 0.128. The smallest absolute Gasteiger partial charge is 0.317 e. The molecule has 0 aromatic carbocycles. The molecule has 0 spiro atoms. The molecule has 0 radical (unpaired) electrons. The van der Waals surface area contributed by atoms with Gasteiger partial charge >= 0.3 is 12.0 Å². The summed E-state index contributed by atoms with van der Waals surface area (Å²) < 4.78 is 5.20. The number of carboxylic acid groups (broad SMARTS) is 1. The quantitative estimate of drug-likeness (QED) is 0.787. The Morgan fingerprint density at radius 2 is 2.16 bits per heavy atom. The molecule has 1 rings (SSSR count). The fourth-order valence-electron chi connectivity index (χ4n) is 1.90. The van der Waals surface area contributed by atoms with Gasteiger partial charge in [0.1, 0.15) is 5.41 Å². The Kier molecular flexibility index (Phi) is 5.17. The molecule has 2 amide bonds. The van der Waals surface area contributed by atoms with Crippen molar-refractivity contribution >= 4 is 12.0 Å². The number of carboxylic acids is 1. The molecule has 2 N–H and O–H groups in total. The Balaban J connectivity index is 2.54. The van der Waals surface area contributed by atoms with Gasteiger partial charge in [0.05, 0.1) is 19.3 Å². The van der Waals surface area contributed by atoms with Crippen LogP contribution in [0, 0.1) is 11.3 Å². The number of carbonyl (C=O) groups excluding carboxylic acids is 1. The van der Waals surface area contributed by atoms with Crippen LogP contribution in [0.1, 0.15) is 27.2 Å². The molecule has 2 atom stereocenters. The number of amides is 2. The van der Waals surface area contributed by atoms with Gasteiger partial charge in [0.15, 0.2) is 0 Å². The summed E-state index contributed by atoms with van der Waals surface area (Å²) in [6, 6.07) is -0.734. The van der Waals surface area contributed by atoms with Crippen LogP contribution in [0.15, 0.2) is 0 Å². The fourth-order valence-corrected chi connectivity index (χ4v) is 1.90. The van der Waals surface area contributed by atoms with Crippen LogP contribution in [0.2, 0.25) is 0 Å². The fraction of sp³-hybridized carbons (Fsp3) is 0.846. The van der Waals surface area contributed by atoms with Gasteiger partial charge in [-0.1, -0.05) is 13.8 Å². The number of aliphatic carboxylic acids is 1. The first-order valence-electron chi connectivity index (χ1n) is 6.60. The summed E-state index contributed by atoms with van der Waals surface area (Å²) in [7, 11) is 1.71. The second kappa shape index (κ2) is 6.23. The van der Waals surface area contributed by atoms with Gasteiger partial charge in [-0.05, 0) is 19.3 Å². The molecule has 110 valence electrons. The average Bonchev–Trinajstić information content (AvgIpc) is 2.69. The SMILES string of the molecule is CC(C)CCN(C)C(=O)NC1COCC1(C)C(=O)O. The van der Waals surface area contributed by atoms with E-state index in [2.05, 4.69) is 19.2 Å². The molecule has 19 heavy (non-hydrogen) atoms. The van der Waals surface area contributed by atoms with Crippen LogP contribution in [0.4, 0.5) is 4.79 Å². The summed E-state index contributed by atoms with van der Waals surface area (Å²) in [5, 5.41) is 12.0. The van der Waals surface area contributed by atoms with Gasteiger partial charge in [-0.3, -0.25) is 4.79 Å². The second-order valence-corrected chi connectivity index (χ2v) is 5.84. The van der Waals surface area contributed by atoms with Crippen molar-refractivity contribution in [3.8, 4) is 0 Å². The number of nitrogens with one attached hydrogen (secondary N) is 1. The van der Waals surface area contributed by atoms with E-state index in [1.165, 1.54) is 0 Å². The van der Waals surface area contributed by atoms with Gasteiger partial charge in [-0.2, -0.15) is 0 Å². The van der Waals surface area contributed by atoms with Crippen molar-refractivity contribution in [2.45, 2.75) is 33.2 Å². The number of rotatable bonds is 5. The topological polar surface area (TPSA) is 78.9 Å². The average molecular weight is 272 g/mol. The third-order valence-corrected chi connectivity index (χ3v) is 3.63. The van der Waals surface area contributed by atoms with Crippen LogP contribution in [0.5, 0.6) is 0 Å². The number of nitrogens with zero attached hydrogens (tertiary/aromatic N) is 1. The zero-order valence-corrected chi connectivity index (χ0v) is 12.1. The maximum Gasteiger partial charge on any atom is 0.317 e. The maximum absolute atomic E-state index is 12.0. The zero-order chi connectivity index (χ0) is 14.6. The van der Waals surface area contributed by atoms with Crippen molar-refractivity contribution in [3.05, 3.63) is 0 Å². The number of carbonyl (C=O) groups is 2. The lowest BCUT2D eigenvalue weighted by atomic mass is 9.85. The largest absolute Gasteiger partial charge is 0.481 e. The third kappa shape index (κ3) is 3.83. The van der Waals surface area contributed by atoms with Crippen LogP contribution in [0.3, 0.4) is 0 Å². The molecule has 1 aliphatic heterocycles. The summed E-state index contributed by atoms with van der Waals surface area (Å²) in [5.41, 5.74) is -1.05. The van der Waals surface area contributed by atoms with E-state index >= 15 is 0 Å². The van der Waals surface area contributed by atoms with Crippen molar-refractivity contribution in [2.75, 3.05) is 26.8 Å². The summed E-state index contributed by atoms with van der Waals surface area (Å²) in [5.74, 6) is -0.422. The van der Waals surface area contributed by atoms with Crippen molar-refractivity contribution in [2.24, 2.45) is 11.3 Å². The van der Waals surface area contributed by atoms with Crippen molar-refractivity contribution in [1.29, 1.82) is 0 Å². The molecular formula is C13H24N2O4. The Labute approximate surface area is 114 Å². The van der Waals surface area contributed by atoms with E-state index in [0.717, 1.165) is 6.42 Å². The Morgan fingerprint density at radius 3 is 2.68 bits per heavy atom. The number of ether oxygens (including phenoxy) is 1. The molecule has 0 aliphatic carbocycles. The van der Waals surface area contributed by atoms with E-state index in [0.29, 0.717) is 12.5 Å². The van der Waals surface area contributed by atoms with Crippen LogP contribution in [-0.2, 0) is 9.53 Å². The van der Waals surface area contributed by atoms with Gasteiger partial charge in [0.25, 0.3) is 0 Å². The number of hydrogen-bond donors (Lipinski definition) is 2. The Hall–Kier alpha value is -1.30. The molecule has 6 heteroatoms. The highest BCUT2D eigenvalue weighted by Crippen LogP contribution is 2.28. The minimum atomic E-state index is -1.05. The predicted molar refractivity (Wildman–Crippen MR) is 71.0 cm³/mol. The molecule has 2 unspecified atom stereocenters. The highest BCUT2D eigenvalue weighted by molar-refractivity contribution is 5.79. The normalized spacial score (nSPS) is 26.5. The van der Waals surface area contributed by atoms with Crippen LogP contribution in [-0.4, -0.2) is 54.9 Å². The van der Waals surface area contributed by atoms with E-state index in [-0.39, 0.29) is 19.2 Å². The molecule has 0 aromatic rings. The van der Waals surface area contributed by atoms with E-state index in [9.17, 15) is 14.7 Å². The zero-order valence-electron chi connectivity index (χ0n) is 12.1. The second-order valence-electron chi connectivity index (χ2n) is 5.84. The maximum atomic E-state index is 12.0. The van der Waals surface area contributed by atoms with Crippen LogP contribution >= 0.6 is 0 Å². The van der Waals surface area contributed by atoms with E-state index in [1.807, 2.05) is 0 Å². The van der Waals surface area contributed by atoms with Crippen molar-refractivity contribution < 1.29 is 19.4 Å². The van der Waals surface area contributed by atoms with Gasteiger partial charge in [0.2, 0.25) is 0 Å². The minimum Gasteiger partial charge on any atom is -0.481 e. The third-order valence-electron chi connectivity index (χ3n) is 3.63. The number of hydrogen-bond acceptors (Lipinski definition) is 3. The predicted octanol–water partition coefficient (Wildman–Crippen LogP) is 1.16. The highest BCUT2D eigenvalue weighted by Gasteiger charge is 2.47. The molecule has 1 saturated heterocycles. The van der Waals surface area contributed by atoms with E-state index < -0.39 is 17.4 Å². The lowest BCUT2D eigenvalue weighted by Gasteiger charge is -2.28. The molecule has 0 aromatic heterocycles. The van der Waals surface area contributed by atoms with Gasteiger partial charge < -0.3 is 20.1 Å². The molecular weight excluding hydrogens is 248 g/mol. The molecule has 0 bridgehead atoms. The number of urea groups is 1. The summed E-state index contributed by atoms with van der Waals surface area (Å²) in [4.78, 5) is 24.8. The molecule has 1 fully saturated rings. The summed E-state index contributed by atoms with van der Waals surface area (Å²) in [6.07, 6.45) is 0.918. The highest BCUT2D eigenvalue weighted by atomic mass is 16.5. The van der Waals surface area contributed by atoms with Gasteiger partial charge in [-0.25, -0.2) is 4.79 Å². The monoisotopic (exact) mass is 272 g/mol. The van der Waals surface area contributed by atoms with Crippen molar-refractivity contribution in [1.82, 2.24) is 10.2 Å². The molecule has 0 saturated carbocycles. The first-order chi connectivity index (χ1) is 8.77. The van der Waals surface area contributed by atoms with Gasteiger partial charge in [-0.15, -0.1) is 0 Å². The standard InChI is InChI=1S/C13H24N2O4/c1-9(2)5-6-15(4)12(18)14-10-7-19-8-13(10,3)11(16)17/h9-10H,5-8H2,1-4H3,(H,14,18)(H,16,17). The first kappa shape index (κ1) is 15.8. The van der Waals surface area contributed by atoms with E-state index in [1.54, 1.807) is 18.9 Å². The molecule has 6 nitrogen and oxygen atoms in total. The molecule has 1 heterocycles. The Bertz CT molecular complexity index is 346. The lowest BCUT2D eigenvalue weighted by Crippen LogP contribution is -2.52. The lowest BCUT2D eigenvalue weighted by molar-refractivity contribution is -0.148. The van der Waals surface area contributed by atoms with Crippen molar-refractivity contribution in [3.63, 3.8) is 0 Å². The molecule has 1 aliphatic rings. The Morgan fingerprint density at radius 1 is 1.53 bits per heavy atom. The van der Waals surface area contributed by atoms with Crippen LogP contribution in [0.25, 0.3) is 0 Å². The van der Waals surface area contributed by atoms with Gasteiger partial charge in [0, 0.05) is 13.6 Å². The van der Waals surface area contributed by atoms with Crippen LogP contribution < -0.4 is 5.32 Å². The summed E-state index contributed by atoms with van der Waals surface area (Å²) in [6.45, 7) is 6.81. The first-order valence-corrected chi connectivity index (χ1v) is 6.60. The summed E-state index contributed by atoms with van der Waals surface area (Å²) >= 11 is 0. The van der Waals surface area contributed by atoms with E-state index in [4.69, 9.17) is 4.74 Å².